The summed E-state index contributed by atoms with van der Waals surface area (Å²) in [6, 6.07) is 13.3. The minimum atomic E-state index is -0.851. The van der Waals surface area contributed by atoms with Crippen LogP contribution in [0.25, 0.3) is 0 Å². The Balaban J connectivity index is 1.19. The molecule has 2 unspecified atom stereocenters. The number of likely N-dealkylation sites (tertiary alicyclic amines) is 1. The minimum absolute atomic E-state index is 0.00592. The van der Waals surface area contributed by atoms with Crippen molar-refractivity contribution >= 4 is 17.5 Å². The summed E-state index contributed by atoms with van der Waals surface area (Å²) in [7, 11) is 0. The number of nitrogens with zero attached hydrogens (tertiary/aromatic N) is 2. The van der Waals surface area contributed by atoms with Gasteiger partial charge in [-0.1, -0.05) is 18.2 Å². The molecule has 4 rings (SSSR count). The molecule has 8 heteroatoms. The van der Waals surface area contributed by atoms with Crippen molar-refractivity contribution in [3.05, 3.63) is 60.2 Å². The second kappa shape index (κ2) is 11.3. The Morgan fingerprint density at radius 2 is 1.82 bits per heavy atom. The number of rotatable bonds is 8. The zero-order valence-electron chi connectivity index (χ0n) is 19.2. The highest BCUT2D eigenvalue weighted by Gasteiger charge is 2.29. The number of amides is 2. The summed E-state index contributed by atoms with van der Waals surface area (Å²) in [5, 5.41) is 3.05. The van der Waals surface area contributed by atoms with Crippen LogP contribution in [0.4, 0.5) is 14.5 Å². The number of hydrogen-bond acceptors (Lipinski definition) is 4. The lowest BCUT2D eigenvalue weighted by atomic mass is 9.96. The van der Waals surface area contributed by atoms with E-state index in [4.69, 9.17) is 4.74 Å². The molecule has 2 aliphatic heterocycles. The summed E-state index contributed by atoms with van der Waals surface area (Å²) in [4.78, 5) is 29.2. The van der Waals surface area contributed by atoms with Gasteiger partial charge in [-0.05, 0) is 49.4 Å². The lowest BCUT2D eigenvalue weighted by molar-refractivity contribution is -0.136. The average molecular weight is 472 g/mol. The molecule has 0 saturated carbocycles. The van der Waals surface area contributed by atoms with Crippen molar-refractivity contribution in [3.8, 4) is 5.75 Å². The van der Waals surface area contributed by atoms with Gasteiger partial charge in [0.15, 0.2) is 11.6 Å². The highest BCUT2D eigenvalue weighted by atomic mass is 19.2. The number of para-hydroxylation sites is 1. The van der Waals surface area contributed by atoms with Crippen molar-refractivity contribution in [2.75, 3.05) is 44.2 Å². The highest BCUT2D eigenvalue weighted by molar-refractivity contribution is 5.81. The largest absolute Gasteiger partial charge is 0.493 e. The normalized spacial score (nSPS) is 20.3. The maximum atomic E-state index is 13.5. The Hall–Kier alpha value is -3.16. The maximum absolute atomic E-state index is 13.5. The minimum Gasteiger partial charge on any atom is -0.493 e. The van der Waals surface area contributed by atoms with E-state index in [0.29, 0.717) is 38.5 Å². The Kier molecular flexibility index (Phi) is 7.98. The van der Waals surface area contributed by atoms with Crippen LogP contribution in [0.5, 0.6) is 5.75 Å². The van der Waals surface area contributed by atoms with Crippen LogP contribution in [-0.4, -0.2) is 56.0 Å². The SMILES string of the molecule is O=C(NCC1CCN(c2ccc(F)c(F)c2)C1)C1CCCN(C(=O)CCOc2ccccc2)C1. The predicted molar refractivity (Wildman–Crippen MR) is 126 cm³/mol. The Bertz CT molecular complexity index is 989. The number of carbonyl (C=O) groups is 2. The van der Waals surface area contributed by atoms with Gasteiger partial charge in [0.25, 0.3) is 0 Å². The maximum Gasteiger partial charge on any atom is 0.226 e. The van der Waals surface area contributed by atoms with Crippen molar-refractivity contribution in [2.45, 2.75) is 25.7 Å². The highest BCUT2D eigenvalue weighted by Crippen LogP contribution is 2.25. The third-order valence-corrected chi connectivity index (χ3v) is 6.59. The number of nitrogens with one attached hydrogen (secondary N) is 1. The van der Waals surface area contributed by atoms with Gasteiger partial charge in [0.1, 0.15) is 5.75 Å². The molecular weight excluding hydrogens is 440 g/mol. The van der Waals surface area contributed by atoms with Gasteiger partial charge in [-0.25, -0.2) is 8.78 Å². The summed E-state index contributed by atoms with van der Waals surface area (Å²) in [6.07, 6.45) is 2.72. The Labute approximate surface area is 198 Å². The lowest BCUT2D eigenvalue weighted by Crippen LogP contribution is -2.46. The summed E-state index contributed by atoms with van der Waals surface area (Å²) in [5.74, 6) is -0.949. The monoisotopic (exact) mass is 471 g/mol. The van der Waals surface area contributed by atoms with Crippen LogP contribution in [0, 0.1) is 23.5 Å². The number of benzene rings is 2. The quantitative estimate of drug-likeness (QED) is 0.639. The number of piperidine rings is 1. The second-order valence-corrected chi connectivity index (χ2v) is 9.03. The van der Waals surface area contributed by atoms with E-state index in [0.717, 1.165) is 37.6 Å². The fraction of sp³-hybridized carbons (Fsp3) is 0.462. The molecule has 6 nitrogen and oxygen atoms in total. The first-order valence-electron chi connectivity index (χ1n) is 11.9. The molecule has 2 saturated heterocycles. The fourth-order valence-electron chi connectivity index (χ4n) is 4.65. The lowest BCUT2D eigenvalue weighted by Gasteiger charge is -2.32. The summed E-state index contributed by atoms with van der Waals surface area (Å²) in [5.41, 5.74) is 0.658. The van der Waals surface area contributed by atoms with Crippen molar-refractivity contribution in [1.82, 2.24) is 10.2 Å². The van der Waals surface area contributed by atoms with Crippen molar-refractivity contribution in [2.24, 2.45) is 11.8 Å². The van der Waals surface area contributed by atoms with Gasteiger partial charge in [-0.3, -0.25) is 9.59 Å². The molecule has 2 fully saturated rings. The molecule has 1 N–H and O–H groups in total. The molecule has 2 aromatic carbocycles. The second-order valence-electron chi connectivity index (χ2n) is 9.03. The first kappa shape index (κ1) is 24.0. The molecule has 0 aliphatic carbocycles. The molecule has 2 atom stereocenters. The zero-order chi connectivity index (χ0) is 23.9. The molecule has 0 spiro atoms. The fourth-order valence-corrected chi connectivity index (χ4v) is 4.65. The van der Waals surface area contributed by atoms with Crippen LogP contribution in [0.1, 0.15) is 25.7 Å². The van der Waals surface area contributed by atoms with Crippen LogP contribution in [0.15, 0.2) is 48.5 Å². The van der Waals surface area contributed by atoms with Crippen molar-refractivity contribution in [1.29, 1.82) is 0 Å². The van der Waals surface area contributed by atoms with E-state index in [1.165, 1.54) is 6.07 Å². The average Bonchev–Trinajstić information content (AvgIpc) is 3.34. The van der Waals surface area contributed by atoms with Crippen LogP contribution in [0.2, 0.25) is 0 Å². The van der Waals surface area contributed by atoms with Crippen LogP contribution >= 0.6 is 0 Å². The van der Waals surface area contributed by atoms with E-state index in [1.54, 1.807) is 11.0 Å². The van der Waals surface area contributed by atoms with Gasteiger partial charge in [0, 0.05) is 44.5 Å². The molecule has 2 aromatic rings. The van der Waals surface area contributed by atoms with Crippen LogP contribution in [-0.2, 0) is 9.59 Å². The first-order chi connectivity index (χ1) is 16.5. The van der Waals surface area contributed by atoms with Crippen LogP contribution < -0.4 is 15.0 Å². The van der Waals surface area contributed by atoms with Gasteiger partial charge in [0.2, 0.25) is 11.8 Å². The third-order valence-electron chi connectivity index (χ3n) is 6.59. The Morgan fingerprint density at radius 1 is 1.00 bits per heavy atom. The van der Waals surface area contributed by atoms with Gasteiger partial charge in [0.05, 0.1) is 18.9 Å². The summed E-state index contributed by atoms with van der Waals surface area (Å²) < 4.78 is 32.3. The zero-order valence-corrected chi connectivity index (χ0v) is 19.2. The molecule has 34 heavy (non-hydrogen) atoms. The molecule has 2 amide bonds. The molecule has 2 heterocycles. The van der Waals surface area contributed by atoms with Gasteiger partial charge >= 0.3 is 0 Å². The number of hydrogen-bond donors (Lipinski definition) is 1. The smallest absolute Gasteiger partial charge is 0.226 e. The van der Waals surface area contributed by atoms with E-state index in [1.807, 2.05) is 35.2 Å². The van der Waals surface area contributed by atoms with Gasteiger partial charge < -0.3 is 19.9 Å². The van der Waals surface area contributed by atoms with Gasteiger partial charge in [-0.15, -0.1) is 0 Å². The number of halogens is 2. The topological polar surface area (TPSA) is 61.9 Å². The Morgan fingerprint density at radius 3 is 2.62 bits per heavy atom. The van der Waals surface area contributed by atoms with Crippen molar-refractivity contribution in [3.63, 3.8) is 0 Å². The molecule has 2 aliphatic rings. The van der Waals surface area contributed by atoms with Crippen LogP contribution in [0.3, 0.4) is 0 Å². The molecule has 0 bridgehead atoms. The number of ether oxygens (including phenoxy) is 1. The standard InChI is InChI=1S/C26H31F2N3O3/c27-23-9-8-21(15-24(23)28)30-13-10-19(17-30)16-29-26(33)20-5-4-12-31(18-20)25(32)11-14-34-22-6-2-1-3-7-22/h1-3,6-9,15,19-20H,4-5,10-14,16-18H2,(H,29,33). The molecule has 182 valence electrons. The summed E-state index contributed by atoms with van der Waals surface area (Å²) >= 11 is 0. The summed E-state index contributed by atoms with van der Waals surface area (Å²) in [6.45, 7) is 3.37. The molecule has 0 radical (unpaired) electrons. The van der Waals surface area contributed by atoms with E-state index in [2.05, 4.69) is 5.32 Å². The molecule has 0 aromatic heterocycles. The first-order valence-corrected chi connectivity index (χ1v) is 11.9. The number of carbonyl (C=O) groups excluding carboxylic acids is 2. The van der Waals surface area contributed by atoms with E-state index in [9.17, 15) is 18.4 Å². The van der Waals surface area contributed by atoms with E-state index < -0.39 is 11.6 Å². The number of anilines is 1. The van der Waals surface area contributed by atoms with Crippen molar-refractivity contribution < 1.29 is 23.1 Å². The van der Waals surface area contributed by atoms with Gasteiger partial charge in [-0.2, -0.15) is 0 Å². The predicted octanol–water partition coefficient (Wildman–Crippen LogP) is 3.62. The third kappa shape index (κ3) is 6.24. The van der Waals surface area contributed by atoms with E-state index in [-0.39, 0.29) is 30.1 Å². The molecular formula is C26H31F2N3O3. The van der Waals surface area contributed by atoms with E-state index >= 15 is 0 Å².